The Morgan fingerprint density at radius 3 is 2.42 bits per heavy atom. The fourth-order valence-corrected chi connectivity index (χ4v) is 4.79. The standard InChI is InChI=1S/C12H17Br2NO3S/c1-8(2)11(5-6-16)15-19(17,18)12-4-3-9(13)7-10(12)14/h3-4,7-8,11,15-16H,5-6H2,1-2H3. The zero-order chi connectivity index (χ0) is 14.6. The molecule has 0 amide bonds. The number of hydrogen-bond donors (Lipinski definition) is 2. The molecule has 0 aromatic heterocycles. The van der Waals surface area contributed by atoms with Gasteiger partial charge in [-0.15, -0.1) is 0 Å². The van der Waals surface area contributed by atoms with Gasteiger partial charge in [-0.3, -0.25) is 0 Å². The lowest BCUT2D eigenvalue weighted by Crippen LogP contribution is -2.39. The molecule has 0 bridgehead atoms. The Kier molecular flexibility index (Phi) is 6.46. The first-order valence-electron chi connectivity index (χ1n) is 5.86. The Labute approximate surface area is 130 Å². The van der Waals surface area contributed by atoms with E-state index in [0.29, 0.717) is 10.9 Å². The predicted molar refractivity (Wildman–Crippen MR) is 82.5 cm³/mol. The predicted octanol–water partition coefficient (Wildman–Crippen LogP) is 2.90. The lowest BCUT2D eigenvalue weighted by Gasteiger charge is -2.21. The Morgan fingerprint density at radius 1 is 1.32 bits per heavy atom. The molecule has 0 fully saturated rings. The van der Waals surface area contributed by atoms with Gasteiger partial charge in [0.05, 0.1) is 4.90 Å². The minimum absolute atomic E-state index is 0.0487. The minimum Gasteiger partial charge on any atom is -0.396 e. The van der Waals surface area contributed by atoms with Gasteiger partial charge in [-0.25, -0.2) is 13.1 Å². The van der Waals surface area contributed by atoms with Crippen LogP contribution in [-0.4, -0.2) is 26.2 Å². The molecule has 4 nitrogen and oxygen atoms in total. The molecule has 108 valence electrons. The van der Waals surface area contributed by atoms with Crippen LogP contribution in [0.25, 0.3) is 0 Å². The molecule has 2 N–H and O–H groups in total. The van der Waals surface area contributed by atoms with Gasteiger partial charge in [-0.05, 0) is 46.5 Å². The van der Waals surface area contributed by atoms with Crippen molar-refractivity contribution in [2.24, 2.45) is 5.92 Å². The molecule has 19 heavy (non-hydrogen) atoms. The third kappa shape index (κ3) is 4.82. The van der Waals surface area contributed by atoms with Crippen LogP contribution in [0.2, 0.25) is 0 Å². The van der Waals surface area contributed by atoms with E-state index < -0.39 is 10.0 Å². The van der Waals surface area contributed by atoms with Crippen LogP contribution in [0.5, 0.6) is 0 Å². The lowest BCUT2D eigenvalue weighted by molar-refractivity contribution is 0.256. The first-order chi connectivity index (χ1) is 8.77. The number of rotatable bonds is 6. The Balaban J connectivity index is 3.03. The molecule has 0 aliphatic carbocycles. The summed E-state index contributed by atoms with van der Waals surface area (Å²) in [5, 5.41) is 8.99. The van der Waals surface area contributed by atoms with Crippen LogP contribution in [0.15, 0.2) is 32.0 Å². The molecule has 1 atom stereocenters. The summed E-state index contributed by atoms with van der Waals surface area (Å²) in [6.45, 7) is 3.78. The van der Waals surface area contributed by atoms with Crippen molar-refractivity contribution in [1.82, 2.24) is 4.72 Å². The summed E-state index contributed by atoms with van der Waals surface area (Å²) in [6.07, 6.45) is 0.394. The van der Waals surface area contributed by atoms with E-state index in [1.54, 1.807) is 12.1 Å². The number of benzene rings is 1. The van der Waals surface area contributed by atoms with E-state index in [4.69, 9.17) is 5.11 Å². The van der Waals surface area contributed by atoms with Gasteiger partial charge in [-0.2, -0.15) is 0 Å². The maximum atomic E-state index is 12.3. The summed E-state index contributed by atoms with van der Waals surface area (Å²) >= 11 is 6.53. The molecule has 1 unspecified atom stereocenters. The van der Waals surface area contributed by atoms with E-state index in [2.05, 4.69) is 36.6 Å². The van der Waals surface area contributed by atoms with Crippen LogP contribution in [-0.2, 0) is 10.0 Å². The highest BCUT2D eigenvalue weighted by molar-refractivity contribution is 9.11. The largest absolute Gasteiger partial charge is 0.396 e. The highest BCUT2D eigenvalue weighted by atomic mass is 79.9. The Morgan fingerprint density at radius 2 is 1.95 bits per heavy atom. The van der Waals surface area contributed by atoms with E-state index >= 15 is 0 Å². The van der Waals surface area contributed by atoms with E-state index in [0.717, 1.165) is 4.47 Å². The lowest BCUT2D eigenvalue weighted by atomic mass is 10.0. The summed E-state index contributed by atoms with van der Waals surface area (Å²) in [6, 6.07) is 4.61. The van der Waals surface area contributed by atoms with Gasteiger partial charge in [0, 0.05) is 21.6 Å². The van der Waals surface area contributed by atoms with E-state index in [1.807, 2.05) is 13.8 Å². The highest BCUT2D eigenvalue weighted by Crippen LogP contribution is 2.26. The zero-order valence-corrected chi connectivity index (χ0v) is 14.7. The maximum absolute atomic E-state index is 12.3. The highest BCUT2D eigenvalue weighted by Gasteiger charge is 2.23. The maximum Gasteiger partial charge on any atom is 0.241 e. The van der Waals surface area contributed by atoms with Crippen LogP contribution < -0.4 is 4.72 Å². The van der Waals surface area contributed by atoms with Crippen LogP contribution in [0, 0.1) is 5.92 Å². The van der Waals surface area contributed by atoms with E-state index in [-0.39, 0.29) is 23.5 Å². The molecule has 0 spiro atoms. The van der Waals surface area contributed by atoms with Gasteiger partial charge in [0.25, 0.3) is 0 Å². The minimum atomic E-state index is -3.60. The molecule has 0 aliphatic heterocycles. The molecule has 1 aromatic carbocycles. The van der Waals surface area contributed by atoms with Gasteiger partial charge in [0.2, 0.25) is 10.0 Å². The molecule has 0 saturated carbocycles. The molecular weight excluding hydrogens is 398 g/mol. The average molecular weight is 415 g/mol. The van der Waals surface area contributed by atoms with Crippen LogP contribution in [0.3, 0.4) is 0 Å². The summed E-state index contributed by atoms with van der Waals surface area (Å²) in [4.78, 5) is 0.194. The third-order valence-electron chi connectivity index (χ3n) is 2.73. The van der Waals surface area contributed by atoms with Crippen molar-refractivity contribution in [1.29, 1.82) is 0 Å². The second kappa shape index (κ2) is 7.17. The third-order valence-corrected chi connectivity index (χ3v) is 5.69. The molecule has 1 aromatic rings. The second-order valence-corrected chi connectivity index (χ2v) is 8.01. The van der Waals surface area contributed by atoms with Crippen molar-refractivity contribution < 1.29 is 13.5 Å². The van der Waals surface area contributed by atoms with Crippen LogP contribution >= 0.6 is 31.9 Å². The normalized spacial score (nSPS) is 13.8. The first kappa shape index (κ1) is 17.1. The van der Waals surface area contributed by atoms with Crippen molar-refractivity contribution in [3.05, 3.63) is 27.1 Å². The zero-order valence-electron chi connectivity index (χ0n) is 10.7. The number of halogens is 2. The fraction of sp³-hybridized carbons (Fsp3) is 0.500. The van der Waals surface area contributed by atoms with Crippen molar-refractivity contribution in [3.8, 4) is 0 Å². The van der Waals surface area contributed by atoms with Gasteiger partial charge in [0.15, 0.2) is 0 Å². The number of hydrogen-bond acceptors (Lipinski definition) is 3. The molecule has 7 heteroatoms. The van der Waals surface area contributed by atoms with Gasteiger partial charge in [0.1, 0.15) is 0 Å². The fourth-order valence-electron chi connectivity index (χ4n) is 1.62. The number of nitrogens with one attached hydrogen (secondary N) is 1. The first-order valence-corrected chi connectivity index (χ1v) is 8.93. The topological polar surface area (TPSA) is 66.4 Å². The molecule has 0 aliphatic rings. The van der Waals surface area contributed by atoms with E-state index in [9.17, 15) is 8.42 Å². The van der Waals surface area contributed by atoms with Crippen LogP contribution in [0.1, 0.15) is 20.3 Å². The molecule has 1 rings (SSSR count). The van der Waals surface area contributed by atoms with Crippen molar-refractivity contribution in [2.45, 2.75) is 31.2 Å². The molecule has 0 heterocycles. The second-order valence-electron chi connectivity index (χ2n) is 4.56. The van der Waals surface area contributed by atoms with Crippen molar-refractivity contribution in [2.75, 3.05) is 6.61 Å². The molecule has 0 radical (unpaired) electrons. The SMILES string of the molecule is CC(C)C(CCO)NS(=O)(=O)c1ccc(Br)cc1Br. The van der Waals surface area contributed by atoms with Crippen molar-refractivity contribution in [3.63, 3.8) is 0 Å². The number of aliphatic hydroxyl groups excluding tert-OH is 1. The molecular formula is C12H17Br2NO3S. The van der Waals surface area contributed by atoms with Crippen molar-refractivity contribution >= 4 is 41.9 Å². The smallest absolute Gasteiger partial charge is 0.241 e. The summed E-state index contributed by atoms with van der Waals surface area (Å²) in [5.41, 5.74) is 0. The Hall–Kier alpha value is 0.0500. The summed E-state index contributed by atoms with van der Waals surface area (Å²) in [5.74, 6) is 0.108. The summed E-state index contributed by atoms with van der Waals surface area (Å²) < 4.78 is 28.6. The van der Waals surface area contributed by atoms with Gasteiger partial charge in [-0.1, -0.05) is 29.8 Å². The average Bonchev–Trinajstić information content (AvgIpc) is 2.27. The molecule has 0 saturated heterocycles. The van der Waals surface area contributed by atoms with Crippen LogP contribution in [0.4, 0.5) is 0 Å². The van der Waals surface area contributed by atoms with Gasteiger partial charge >= 0.3 is 0 Å². The number of aliphatic hydroxyl groups is 1. The number of sulfonamides is 1. The van der Waals surface area contributed by atoms with E-state index in [1.165, 1.54) is 6.07 Å². The monoisotopic (exact) mass is 413 g/mol. The van der Waals surface area contributed by atoms with Gasteiger partial charge < -0.3 is 5.11 Å². The Bertz CT molecular complexity index is 532. The summed E-state index contributed by atoms with van der Waals surface area (Å²) in [7, 11) is -3.60. The quantitative estimate of drug-likeness (QED) is 0.751.